The minimum absolute atomic E-state index is 0.0937. The molecule has 0 unspecified atom stereocenters. The van der Waals surface area contributed by atoms with Gasteiger partial charge in [0.2, 0.25) is 0 Å². The number of aliphatic hydroxyl groups excluding tert-OH is 1. The Hall–Kier alpha value is -2.08. The molecule has 0 fully saturated rings. The average molecular weight is 251 g/mol. The van der Waals surface area contributed by atoms with Crippen LogP contribution in [0.4, 0.5) is 10.5 Å². The lowest BCUT2D eigenvalue weighted by Gasteiger charge is -2.14. The highest BCUT2D eigenvalue weighted by atomic mass is 16.3. The number of amides is 3. The van der Waals surface area contributed by atoms with Gasteiger partial charge in [-0.15, -0.1) is 0 Å². The van der Waals surface area contributed by atoms with Crippen molar-refractivity contribution in [2.45, 2.75) is 19.4 Å². The van der Waals surface area contributed by atoms with Crippen molar-refractivity contribution >= 4 is 17.6 Å². The van der Waals surface area contributed by atoms with Crippen LogP contribution in [0.1, 0.15) is 23.7 Å². The van der Waals surface area contributed by atoms with Crippen molar-refractivity contribution in [2.75, 3.05) is 11.9 Å². The Labute approximate surface area is 105 Å². The lowest BCUT2D eigenvalue weighted by molar-refractivity contribution is 0.0915. The number of hydrogen-bond acceptors (Lipinski definition) is 3. The van der Waals surface area contributed by atoms with E-state index >= 15 is 0 Å². The second-order valence-corrected chi connectivity index (χ2v) is 3.83. The predicted octanol–water partition coefficient (Wildman–Crippen LogP) is 0.678. The predicted molar refractivity (Wildman–Crippen MR) is 68.3 cm³/mol. The fourth-order valence-electron chi connectivity index (χ4n) is 1.39. The number of urea groups is 1. The van der Waals surface area contributed by atoms with Crippen molar-refractivity contribution in [3.63, 3.8) is 0 Å². The molecule has 5 N–H and O–H groups in total. The van der Waals surface area contributed by atoms with Gasteiger partial charge in [-0.2, -0.15) is 0 Å². The van der Waals surface area contributed by atoms with Crippen molar-refractivity contribution in [3.05, 3.63) is 29.8 Å². The van der Waals surface area contributed by atoms with Gasteiger partial charge < -0.3 is 21.5 Å². The number of aliphatic hydroxyl groups is 1. The molecule has 6 heteroatoms. The summed E-state index contributed by atoms with van der Waals surface area (Å²) in [6, 6.07) is 5.41. The molecule has 0 aromatic heterocycles. The molecule has 0 aliphatic carbocycles. The van der Waals surface area contributed by atoms with Crippen LogP contribution in [-0.4, -0.2) is 29.7 Å². The molecule has 0 bridgehead atoms. The number of anilines is 1. The fraction of sp³-hybridized carbons (Fsp3) is 0.333. The number of primary amides is 1. The van der Waals surface area contributed by atoms with Gasteiger partial charge in [-0.05, 0) is 30.7 Å². The van der Waals surface area contributed by atoms with Gasteiger partial charge in [0.15, 0.2) is 0 Å². The molecule has 1 aromatic carbocycles. The molecule has 98 valence electrons. The summed E-state index contributed by atoms with van der Waals surface area (Å²) in [6.07, 6.45) is 0.656. The highest BCUT2D eigenvalue weighted by Gasteiger charge is 2.11. The zero-order chi connectivity index (χ0) is 13.5. The van der Waals surface area contributed by atoms with Crippen LogP contribution in [0, 0.1) is 0 Å². The molecule has 0 saturated carbocycles. The van der Waals surface area contributed by atoms with E-state index in [1.165, 1.54) is 0 Å². The van der Waals surface area contributed by atoms with E-state index in [1.807, 2.05) is 6.92 Å². The van der Waals surface area contributed by atoms with Gasteiger partial charge in [-0.1, -0.05) is 6.92 Å². The zero-order valence-electron chi connectivity index (χ0n) is 10.1. The van der Waals surface area contributed by atoms with Crippen LogP contribution in [0.5, 0.6) is 0 Å². The van der Waals surface area contributed by atoms with E-state index in [1.54, 1.807) is 24.3 Å². The second-order valence-electron chi connectivity index (χ2n) is 3.83. The van der Waals surface area contributed by atoms with Crippen molar-refractivity contribution in [3.8, 4) is 0 Å². The second kappa shape index (κ2) is 6.61. The third kappa shape index (κ3) is 4.06. The van der Waals surface area contributed by atoms with Crippen molar-refractivity contribution in [1.29, 1.82) is 0 Å². The number of nitrogens with two attached hydrogens (primary N) is 1. The molecule has 0 aliphatic rings. The number of carbonyl (C=O) groups excluding carboxylic acids is 2. The van der Waals surface area contributed by atoms with Crippen molar-refractivity contribution < 1.29 is 14.7 Å². The summed E-state index contributed by atoms with van der Waals surface area (Å²) in [6.45, 7) is 1.78. The van der Waals surface area contributed by atoms with E-state index in [4.69, 9.17) is 10.8 Å². The highest BCUT2D eigenvalue weighted by Crippen LogP contribution is 2.09. The van der Waals surface area contributed by atoms with Crippen LogP contribution in [0.25, 0.3) is 0 Å². The third-order valence-corrected chi connectivity index (χ3v) is 2.46. The van der Waals surface area contributed by atoms with E-state index in [0.717, 1.165) is 0 Å². The average Bonchev–Trinajstić information content (AvgIpc) is 2.35. The summed E-state index contributed by atoms with van der Waals surface area (Å²) in [7, 11) is 0. The van der Waals surface area contributed by atoms with E-state index in [0.29, 0.717) is 17.7 Å². The number of benzene rings is 1. The molecule has 0 heterocycles. The van der Waals surface area contributed by atoms with Gasteiger partial charge in [-0.25, -0.2) is 4.79 Å². The molecule has 1 rings (SSSR count). The molecule has 18 heavy (non-hydrogen) atoms. The molecule has 0 spiro atoms. The van der Waals surface area contributed by atoms with Crippen molar-refractivity contribution in [2.24, 2.45) is 5.73 Å². The molecule has 0 aliphatic heterocycles. The van der Waals surface area contributed by atoms with Crippen LogP contribution >= 0.6 is 0 Å². The normalized spacial score (nSPS) is 11.7. The van der Waals surface area contributed by atoms with E-state index < -0.39 is 6.03 Å². The first-order chi connectivity index (χ1) is 8.56. The van der Waals surface area contributed by atoms with Crippen LogP contribution in [-0.2, 0) is 0 Å². The maximum atomic E-state index is 11.8. The maximum absolute atomic E-state index is 11.8. The smallest absolute Gasteiger partial charge is 0.316 e. The number of rotatable bonds is 5. The molecular formula is C12H17N3O3. The number of hydrogen-bond donors (Lipinski definition) is 4. The van der Waals surface area contributed by atoms with Gasteiger partial charge in [0.1, 0.15) is 0 Å². The Morgan fingerprint density at radius 3 is 2.39 bits per heavy atom. The van der Waals surface area contributed by atoms with Crippen molar-refractivity contribution in [1.82, 2.24) is 5.32 Å². The molecule has 3 amide bonds. The third-order valence-electron chi connectivity index (χ3n) is 2.46. The molecule has 6 nitrogen and oxygen atoms in total. The van der Waals surface area contributed by atoms with Gasteiger partial charge in [0.25, 0.3) is 5.91 Å². The SMILES string of the molecule is CC[C@H](CO)NC(=O)c1ccc(NC(N)=O)cc1. The first-order valence-corrected chi connectivity index (χ1v) is 5.65. The quantitative estimate of drug-likeness (QED) is 0.618. The topological polar surface area (TPSA) is 104 Å². The zero-order valence-corrected chi connectivity index (χ0v) is 10.1. The molecule has 1 atom stereocenters. The highest BCUT2D eigenvalue weighted by molar-refractivity contribution is 5.95. The van der Waals surface area contributed by atoms with E-state index in [2.05, 4.69) is 10.6 Å². The van der Waals surface area contributed by atoms with E-state index in [-0.39, 0.29) is 18.6 Å². The molecule has 0 radical (unpaired) electrons. The maximum Gasteiger partial charge on any atom is 0.316 e. The summed E-state index contributed by atoms with van der Waals surface area (Å²) in [5.74, 6) is -0.262. The lowest BCUT2D eigenvalue weighted by Crippen LogP contribution is -2.36. The Bertz CT molecular complexity index is 413. The Kier molecular flexibility index (Phi) is 5.13. The fourth-order valence-corrected chi connectivity index (χ4v) is 1.39. The van der Waals surface area contributed by atoms with Crippen LogP contribution < -0.4 is 16.4 Å². The minimum Gasteiger partial charge on any atom is -0.394 e. The van der Waals surface area contributed by atoms with Crippen LogP contribution in [0.2, 0.25) is 0 Å². The molecule has 0 saturated heterocycles. The number of carbonyl (C=O) groups is 2. The summed E-state index contributed by atoms with van der Waals surface area (Å²) in [5, 5.41) is 14.1. The summed E-state index contributed by atoms with van der Waals surface area (Å²) in [5.41, 5.74) is 5.94. The van der Waals surface area contributed by atoms with Gasteiger partial charge >= 0.3 is 6.03 Å². The van der Waals surface area contributed by atoms with Crippen LogP contribution in [0.3, 0.4) is 0 Å². The lowest BCUT2D eigenvalue weighted by atomic mass is 10.1. The largest absolute Gasteiger partial charge is 0.394 e. The first kappa shape index (κ1) is 14.0. The standard InChI is InChI=1S/C12H17N3O3/c1-2-9(7-16)14-11(17)8-3-5-10(6-4-8)15-12(13)18/h3-6,9,16H,2,7H2,1H3,(H,14,17)(H3,13,15,18)/t9-/m1/s1. The molecule has 1 aromatic rings. The monoisotopic (exact) mass is 251 g/mol. The van der Waals surface area contributed by atoms with Gasteiger partial charge in [0.05, 0.1) is 12.6 Å². The number of nitrogens with one attached hydrogen (secondary N) is 2. The van der Waals surface area contributed by atoms with E-state index in [9.17, 15) is 9.59 Å². The summed E-state index contributed by atoms with van der Waals surface area (Å²) >= 11 is 0. The Balaban J connectivity index is 2.67. The Morgan fingerprint density at radius 1 is 1.33 bits per heavy atom. The van der Waals surface area contributed by atoms with Crippen LogP contribution in [0.15, 0.2) is 24.3 Å². The summed E-state index contributed by atoms with van der Waals surface area (Å²) in [4.78, 5) is 22.4. The molecular weight excluding hydrogens is 234 g/mol. The van der Waals surface area contributed by atoms with Gasteiger partial charge in [0, 0.05) is 11.3 Å². The Morgan fingerprint density at radius 2 is 1.94 bits per heavy atom. The minimum atomic E-state index is -0.654. The van der Waals surface area contributed by atoms with Gasteiger partial charge in [-0.3, -0.25) is 4.79 Å². The first-order valence-electron chi connectivity index (χ1n) is 5.65. The summed E-state index contributed by atoms with van der Waals surface area (Å²) < 4.78 is 0.